The highest BCUT2D eigenvalue weighted by atomic mass is 19.4. The molecule has 0 spiro atoms. The number of nitrogens with zero attached hydrogens (tertiary/aromatic N) is 2. The fraction of sp³-hybridized carbons (Fsp3) is 0.321. The van der Waals surface area contributed by atoms with E-state index in [-0.39, 0.29) is 23.7 Å². The van der Waals surface area contributed by atoms with Crippen LogP contribution < -0.4 is 5.32 Å². The van der Waals surface area contributed by atoms with Gasteiger partial charge in [0.15, 0.2) is 0 Å². The third kappa shape index (κ3) is 6.41. The van der Waals surface area contributed by atoms with Gasteiger partial charge in [-0.2, -0.15) is 18.3 Å². The number of nitrogens with one attached hydrogen (secondary N) is 1. The van der Waals surface area contributed by atoms with Gasteiger partial charge >= 0.3 is 6.18 Å². The topological polar surface area (TPSA) is 29.9 Å². The molecule has 0 saturated heterocycles. The summed E-state index contributed by atoms with van der Waals surface area (Å²) < 4.78 is 56.9. The molecule has 2 aromatic carbocycles. The van der Waals surface area contributed by atoms with Crippen LogP contribution in [0.5, 0.6) is 0 Å². The van der Waals surface area contributed by atoms with Crippen LogP contribution in [0.1, 0.15) is 56.4 Å². The summed E-state index contributed by atoms with van der Waals surface area (Å²) in [6.45, 7) is 14.3. The van der Waals surface area contributed by atoms with E-state index in [1.807, 2.05) is 37.3 Å². The van der Waals surface area contributed by atoms with Crippen LogP contribution in [-0.2, 0) is 18.4 Å². The first-order chi connectivity index (χ1) is 16.3. The van der Waals surface area contributed by atoms with Crippen molar-refractivity contribution in [1.29, 1.82) is 0 Å². The molecular formula is C28H31F4N3. The average Bonchev–Trinajstić information content (AvgIpc) is 3.17. The zero-order chi connectivity index (χ0) is 26.0. The molecule has 0 bridgehead atoms. The Bertz CT molecular complexity index is 1260. The van der Waals surface area contributed by atoms with Crippen molar-refractivity contribution in [3.63, 3.8) is 0 Å². The predicted octanol–water partition coefficient (Wildman–Crippen LogP) is 7.78. The molecular weight excluding hydrogens is 454 g/mol. The number of allylic oxidation sites excluding steroid dienone is 1. The van der Waals surface area contributed by atoms with Crippen molar-refractivity contribution < 1.29 is 17.6 Å². The van der Waals surface area contributed by atoms with Gasteiger partial charge in [-0.3, -0.25) is 4.68 Å². The second-order valence-corrected chi connectivity index (χ2v) is 9.19. The predicted molar refractivity (Wildman–Crippen MR) is 135 cm³/mol. The highest BCUT2D eigenvalue weighted by molar-refractivity contribution is 5.81. The molecule has 0 aliphatic carbocycles. The Hall–Kier alpha value is -3.35. The summed E-state index contributed by atoms with van der Waals surface area (Å²) in [6, 6.07) is 9.42. The number of rotatable bonds is 9. The van der Waals surface area contributed by atoms with E-state index in [0.29, 0.717) is 5.52 Å². The molecule has 1 aromatic heterocycles. The van der Waals surface area contributed by atoms with Crippen LogP contribution in [0.25, 0.3) is 17.0 Å². The fourth-order valence-electron chi connectivity index (χ4n) is 3.79. The summed E-state index contributed by atoms with van der Waals surface area (Å²) in [5.41, 5.74) is 0.652. The van der Waals surface area contributed by atoms with Crippen LogP contribution in [0.3, 0.4) is 0 Å². The maximum atomic E-state index is 14.3. The van der Waals surface area contributed by atoms with E-state index in [1.54, 1.807) is 6.20 Å². The van der Waals surface area contributed by atoms with Crippen molar-refractivity contribution in [2.45, 2.75) is 58.5 Å². The minimum absolute atomic E-state index is 0.0135. The molecule has 1 N–H and O–H groups in total. The third-order valence-electron chi connectivity index (χ3n) is 5.95. The van der Waals surface area contributed by atoms with Gasteiger partial charge in [-0.1, -0.05) is 37.8 Å². The van der Waals surface area contributed by atoms with E-state index in [9.17, 15) is 17.6 Å². The van der Waals surface area contributed by atoms with Gasteiger partial charge in [-0.15, -0.1) is 6.58 Å². The van der Waals surface area contributed by atoms with Crippen molar-refractivity contribution in [3.8, 4) is 0 Å². The fourth-order valence-corrected chi connectivity index (χ4v) is 3.79. The van der Waals surface area contributed by atoms with E-state index in [0.717, 1.165) is 34.7 Å². The van der Waals surface area contributed by atoms with E-state index in [2.05, 4.69) is 30.5 Å². The summed E-state index contributed by atoms with van der Waals surface area (Å²) >= 11 is 0. The minimum Gasteiger partial charge on any atom is -0.379 e. The Morgan fingerprint density at radius 3 is 2.46 bits per heavy atom. The Labute approximate surface area is 203 Å². The molecule has 1 atom stereocenters. The molecule has 0 fully saturated rings. The van der Waals surface area contributed by atoms with Gasteiger partial charge in [0.05, 0.1) is 17.6 Å². The van der Waals surface area contributed by atoms with Crippen molar-refractivity contribution in [2.24, 2.45) is 0 Å². The molecule has 0 saturated carbocycles. The van der Waals surface area contributed by atoms with Gasteiger partial charge in [-0.25, -0.2) is 4.39 Å². The van der Waals surface area contributed by atoms with Crippen LogP contribution in [0.4, 0.5) is 17.6 Å². The van der Waals surface area contributed by atoms with E-state index < -0.39 is 17.4 Å². The molecule has 7 heteroatoms. The van der Waals surface area contributed by atoms with E-state index in [4.69, 9.17) is 0 Å². The first-order valence-corrected chi connectivity index (χ1v) is 11.4. The number of halogens is 4. The number of aromatic nitrogens is 2. The van der Waals surface area contributed by atoms with Crippen LogP contribution in [-0.4, -0.2) is 15.8 Å². The highest BCUT2D eigenvalue weighted by Gasteiger charge is 2.35. The lowest BCUT2D eigenvalue weighted by Crippen LogP contribution is -2.25. The van der Waals surface area contributed by atoms with Crippen LogP contribution in [0.2, 0.25) is 0 Å². The second-order valence-electron chi connectivity index (χ2n) is 9.19. The largest absolute Gasteiger partial charge is 0.416 e. The average molecular weight is 486 g/mol. The SMILES string of the molecule is C=CC(CC)NC(=C)/C(C)=C/c1ccc2nn(Cc3ccc(C(C)(C)F)cc3C(F)(F)F)cc2c1. The summed E-state index contributed by atoms with van der Waals surface area (Å²) in [7, 11) is 0. The first-order valence-electron chi connectivity index (χ1n) is 11.4. The van der Waals surface area contributed by atoms with Gasteiger partial charge < -0.3 is 5.32 Å². The molecule has 0 radical (unpaired) electrons. The van der Waals surface area contributed by atoms with Gasteiger partial charge in [0.1, 0.15) is 5.67 Å². The van der Waals surface area contributed by atoms with Crippen LogP contribution >= 0.6 is 0 Å². The molecule has 3 rings (SSSR count). The molecule has 1 heterocycles. The molecule has 0 aliphatic rings. The monoisotopic (exact) mass is 485 g/mol. The van der Waals surface area contributed by atoms with Gasteiger partial charge in [0.25, 0.3) is 0 Å². The van der Waals surface area contributed by atoms with Gasteiger partial charge in [0, 0.05) is 23.3 Å². The summed E-state index contributed by atoms with van der Waals surface area (Å²) in [6.07, 6.45) is 1.84. The lowest BCUT2D eigenvalue weighted by molar-refractivity contribution is -0.138. The smallest absolute Gasteiger partial charge is 0.379 e. The summed E-state index contributed by atoms with van der Waals surface area (Å²) in [5, 5.41) is 8.56. The maximum absolute atomic E-state index is 14.3. The van der Waals surface area contributed by atoms with Crippen molar-refractivity contribution >= 4 is 17.0 Å². The van der Waals surface area contributed by atoms with Crippen molar-refractivity contribution in [1.82, 2.24) is 15.1 Å². The number of fused-ring (bicyclic) bond motifs is 1. The normalized spacial score (nSPS) is 13.7. The van der Waals surface area contributed by atoms with Crippen molar-refractivity contribution in [2.75, 3.05) is 0 Å². The Kier molecular flexibility index (Phi) is 7.58. The molecule has 0 aliphatic heterocycles. The first kappa shape index (κ1) is 26.3. The van der Waals surface area contributed by atoms with Crippen LogP contribution in [0, 0.1) is 0 Å². The third-order valence-corrected chi connectivity index (χ3v) is 5.95. The zero-order valence-corrected chi connectivity index (χ0v) is 20.5. The zero-order valence-electron chi connectivity index (χ0n) is 20.5. The van der Waals surface area contributed by atoms with Crippen LogP contribution in [0.15, 0.2) is 73.1 Å². The van der Waals surface area contributed by atoms with Crippen molar-refractivity contribution in [3.05, 3.63) is 95.4 Å². The van der Waals surface area contributed by atoms with Gasteiger partial charge in [-0.05, 0) is 73.7 Å². The second kappa shape index (κ2) is 10.1. The Morgan fingerprint density at radius 1 is 1.14 bits per heavy atom. The quantitative estimate of drug-likeness (QED) is 0.191. The molecule has 3 nitrogen and oxygen atoms in total. The Morgan fingerprint density at radius 2 is 1.86 bits per heavy atom. The molecule has 1 unspecified atom stereocenters. The lowest BCUT2D eigenvalue weighted by atomic mass is 9.95. The number of alkyl halides is 4. The standard InChI is InChI=1S/C28H31F4N3/c1-7-24(8-2)33-19(4)18(3)13-20-9-12-26-22(14-20)17-35(34-26)16-21-10-11-23(27(5,6)29)15-25(21)28(30,31)32/h7,9-15,17,24,33H,1,4,8,16H2,2-3,5-6H3/b18-13+. The molecule has 3 aromatic rings. The van der Waals surface area contributed by atoms with E-state index in [1.165, 1.54) is 30.7 Å². The maximum Gasteiger partial charge on any atom is 0.416 e. The minimum atomic E-state index is -4.60. The number of hydrogen-bond donors (Lipinski definition) is 1. The number of hydrogen-bond acceptors (Lipinski definition) is 2. The van der Waals surface area contributed by atoms with Gasteiger partial charge in [0.2, 0.25) is 0 Å². The van der Waals surface area contributed by atoms with E-state index >= 15 is 0 Å². The number of benzene rings is 2. The Balaban J connectivity index is 1.88. The summed E-state index contributed by atoms with van der Waals surface area (Å²) in [4.78, 5) is 0. The summed E-state index contributed by atoms with van der Waals surface area (Å²) in [5.74, 6) is 0. The molecule has 35 heavy (non-hydrogen) atoms. The molecule has 0 amide bonds. The lowest BCUT2D eigenvalue weighted by Gasteiger charge is -2.19. The highest BCUT2D eigenvalue weighted by Crippen LogP contribution is 2.36. The molecule has 186 valence electrons.